The summed E-state index contributed by atoms with van der Waals surface area (Å²) in [5.74, 6) is -1.07. The number of aryl methyl sites for hydroxylation is 1. The van der Waals surface area contributed by atoms with Gasteiger partial charge in [-0.1, -0.05) is 35.9 Å². The largest absolute Gasteiger partial charge is 0.422 e. The molecule has 4 rings (SSSR count). The molecule has 0 aliphatic carbocycles. The molecule has 0 radical (unpaired) electrons. The van der Waals surface area contributed by atoms with E-state index in [2.05, 4.69) is 5.10 Å². The Kier molecular flexibility index (Phi) is 4.09. The summed E-state index contributed by atoms with van der Waals surface area (Å²) in [6.45, 7) is 1.78. The normalized spacial score (nSPS) is 15.9. The summed E-state index contributed by atoms with van der Waals surface area (Å²) in [6, 6.07) is 15.8. The zero-order valence-corrected chi connectivity index (χ0v) is 15.0. The van der Waals surface area contributed by atoms with Crippen LogP contribution in [0.25, 0.3) is 5.69 Å². The molecule has 27 heavy (non-hydrogen) atoms. The van der Waals surface area contributed by atoms with Crippen LogP contribution in [0.5, 0.6) is 5.88 Å². The smallest absolute Gasteiger partial charge is 0.229 e. The van der Waals surface area contributed by atoms with Gasteiger partial charge in [-0.2, -0.15) is 10.4 Å². The van der Waals surface area contributed by atoms with E-state index in [1.165, 1.54) is 12.1 Å². The van der Waals surface area contributed by atoms with Crippen LogP contribution in [-0.4, -0.2) is 9.78 Å². The Labute approximate surface area is 160 Å². The van der Waals surface area contributed by atoms with Gasteiger partial charge in [0, 0.05) is 10.6 Å². The number of benzene rings is 2. The Morgan fingerprint density at radius 1 is 1.19 bits per heavy atom. The number of halogens is 2. The summed E-state index contributed by atoms with van der Waals surface area (Å²) < 4.78 is 22.0. The van der Waals surface area contributed by atoms with Gasteiger partial charge < -0.3 is 10.5 Å². The predicted octanol–water partition coefficient (Wildman–Crippen LogP) is 4.19. The van der Waals surface area contributed by atoms with Gasteiger partial charge in [-0.3, -0.25) is 0 Å². The van der Waals surface area contributed by atoms with Gasteiger partial charge >= 0.3 is 0 Å². The van der Waals surface area contributed by atoms with E-state index in [9.17, 15) is 9.65 Å². The van der Waals surface area contributed by atoms with E-state index in [-0.39, 0.29) is 22.0 Å². The van der Waals surface area contributed by atoms with Gasteiger partial charge in [-0.25, -0.2) is 9.07 Å². The molecule has 0 saturated heterocycles. The molecule has 7 heteroatoms. The van der Waals surface area contributed by atoms with Gasteiger partial charge in [-0.05, 0) is 31.2 Å². The summed E-state index contributed by atoms with van der Waals surface area (Å²) in [4.78, 5) is 0. The van der Waals surface area contributed by atoms with E-state index < -0.39 is 11.7 Å². The second-order valence-electron chi connectivity index (χ2n) is 6.11. The minimum absolute atomic E-state index is 0.0913. The first-order valence-electron chi connectivity index (χ1n) is 8.19. The Bertz CT molecular complexity index is 1090. The maximum absolute atomic E-state index is 14.7. The first-order valence-corrected chi connectivity index (χ1v) is 8.57. The third-order valence-corrected chi connectivity index (χ3v) is 4.85. The summed E-state index contributed by atoms with van der Waals surface area (Å²) in [7, 11) is 0. The molecule has 1 aliphatic heterocycles. The molecule has 0 amide bonds. The first-order chi connectivity index (χ1) is 13.0. The van der Waals surface area contributed by atoms with Gasteiger partial charge in [0.1, 0.15) is 17.5 Å². The highest BCUT2D eigenvalue weighted by atomic mass is 35.5. The van der Waals surface area contributed by atoms with Crippen molar-refractivity contribution < 1.29 is 9.13 Å². The number of fused-ring (bicyclic) bond motifs is 1. The van der Waals surface area contributed by atoms with Gasteiger partial charge in [0.15, 0.2) is 0 Å². The number of nitrogens with two attached hydrogens (primary N) is 1. The van der Waals surface area contributed by atoms with Crippen molar-refractivity contribution in [1.82, 2.24) is 9.78 Å². The van der Waals surface area contributed by atoms with Crippen LogP contribution in [-0.2, 0) is 0 Å². The zero-order valence-electron chi connectivity index (χ0n) is 14.3. The molecule has 2 aromatic carbocycles. The molecule has 0 fully saturated rings. The molecule has 2 N–H and O–H groups in total. The molecular weight excluding hydrogens is 367 g/mol. The van der Waals surface area contributed by atoms with Crippen molar-refractivity contribution in [2.75, 3.05) is 0 Å². The van der Waals surface area contributed by atoms with Crippen LogP contribution in [0.15, 0.2) is 60.0 Å². The summed E-state index contributed by atoms with van der Waals surface area (Å²) in [5.41, 5.74) is 8.22. The number of hydrogen-bond donors (Lipinski definition) is 1. The molecule has 0 spiro atoms. The quantitative estimate of drug-likeness (QED) is 0.723. The molecule has 5 nitrogen and oxygen atoms in total. The second-order valence-corrected chi connectivity index (χ2v) is 6.52. The lowest BCUT2D eigenvalue weighted by Gasteiger charge is -2.25. The fraction of sp³-hybridized carbons (Fsp3) is 0.100. The Hall–Kier alpha value is -3.30. The molecule has 0 saturated carbocycles. The van der Waals surface area contributed by atoms with Crippen molar-refractivity contribution in [3.63, 3.8) is 0 Å². The standard InChI is InChI=1S/C20H14ClFN4O/c1-11-16-17(18-14(21)8-5-9-15(18)22)13(10-23)19(24)27-20(16)26(25-11)12-6-3-2-4-7-12/h2-9,17H,24H2,1H3/t17-/m1/s1. The minimum Gasteiger partial charge on any atom is -0.422 e. The first kappa shape index (κ1) is 17.1. The number of nitriles is 1. The number of rotatable bonds is 2. The third kappa shape index (κ3) is 2.64. The average molecular weight is 381 g/mol. The molecule has 1 aliphatic rings. The topological polar surface area (TPSA) is 76.9 Å². The number of allylic oxidation sites excluding steroid dienone is 1. The van der Waals surface area contributed by atoms with Crippen molar-refractivity contribution in [3.8, 4) is 17.6 Å². The third-order valence-electron chi connectivity index (χ3n) is 4.52. The van der Waals surface area contributed by atoms with Crippen molar-refractivity contribution in [3.05, 3.63) is 87.6 Å². The van der Waals surface area contributed by atoms with Crippen LogP contribution >= 0.6 is 11.6 Å². The van der Waals surface area contributed by atoms with E-state index in [0.717, 1.165) is 5.69 Å². The molecular formula is C20H14ClFN4O. The van der Waals surface area contributed by atoms with Gasteiger partial charge in [0.25, 0.3) is 0 Å². The zero-order chi connectivity index (χ0) is 19.1. The summed E-state index contributed by atoms with van der Waals surface area (Å²) in [5, 5.41) is 14.4. The minimum atomic E-state index is -0.801. The van der Waals surface area contributed by atoms with Gasteiger partial charge in [-0.15, -0.1) is 0 Å². The lowest BCUT2D eigenvalue weighted by Crippen LogP contribution is -2.22. The van der Waals surface area contributed by atoms with Crippen LogP contribution in [0.4, 0.5) is 4.39 Å². The highest BCUT2D eigenvalue weighted by Crippen LogP contribution is 2.46. The van der Waals surface area contributed by atoms with Crippen LogP contribution in [0.2, 0.25) is 5.02 Å². The molecule has 1 aromatic heterocycles. The average Bonchev–Trinajstić information content (AvgIpc) is 2.98. The van der Waals surface area contributed by atoms with Crippen LogP contribution in [0, 0.1) is 24.1 Å². The highest BCUT2D eigenvalue weighted by Gasteiger charge is 2.38. The van der Waals surface area contributed by atoms with E-state index in [0.29, 0.717) is 17.1 Å². The van der Waals surface area contributed by atoms with Gasteiger partial charge in [0.05, 0.1) is 22.9 Å². The van der Waals surface area contributed by atoms with Crippen molar-refractivity contribution in [2.24, 2.45) is 5.73 Å². The van der Waals surface area contributed by atoms with E-state index in [1.807, 2.05) is 36.4 Å². The Morgan fingerprint density at radius 3 is 2.59 bits per heavy atom. The Balaban J connectivity index is 2.02. The summed E-state index contributed by atoms with van der Waals surface area (Å²) in [6.07, 6.45) is 0. The SMILES string of the molecule is Cc1nn(-c2ccccc2)c2c1[C@H](c1c(F)cccc1Cl)C(C#N)=C(N)O2. The fourth-order valence-electron chi connectivity index (χ4n) is 3.33. The number of nitrogens with zero attached hydrogens (tertiary/aromatic N) is 3. The molecule has 134 valence electrons. The number of hydrogen-bond acceptors (Lipinski definition) is 4. The van der Waals surface area contributed by atoms with Crippen molar-refractivity contribution >= 4 is 11.6 Å². The van der Waals surface area contributed by atoms with Crippen LogP contribution in [0.1, 0.15) is 22.7 Å². The molecule has 0 bridgehead atoms. The van der Waals surface area contributed by atoms with Crippen molar-refractivity contribution in [2.45, 2.75) is 12.8 Å². The summed E-state index contributed by atoms with van der Waals surface area (Å²) >= 11 is 6.29. The van der Waals surface area contributed by atoms with E-state index in [4.69, 9.17) is 22.1 Å². The lowest BCUT2D eigenvalue weighted by atomic mass is 9.84. The number of para-hydroxylation sites is 1. The van der Waals surface area contributed by atoms with Crippen LogP contribution < -0.4 is 10.5 Å². The van der Waals surface area contributed by atoms with Crippen molar-refractivity contribution in [1.29, 1.82) is 5.26 Å². The van der Waals surface area contributed by atoms with Gasteiger partial charge in [0.2, 0.25) is 11.8 Å². The molecule has 0 unspecified atom stereocenters. The lowest BCUT2D eigenvalue weighted by molar-refractivity contribution is 0.366. The highest BCUT2D eigenvalue weighted by molar-refractivity contribution is 6.31. The maximum atomic E-state index is 14.7. The fourth-order valence-corrected chi connectivity index (χ4v) is 3.61. The number of ether oxygens (including phenoxy) is 1. The van der Waals surface area contributed by atoms with E-state index in [1.54, 1.807) is 17.7 Å². The van der Waals surface area contributed by atoms with E-state index >= 15 is 0 Å². The Morgan fingerprint density at radius 2 is 1.93 bits per heavy atom. The van der Waals surface area contributed by atoms with Crippen LogP contribution in [0.3, 0.4) is 0 Å². The predicted molar refractivity (Wildman–Crippen MR) is 99.0 cm³/mol. The maximum Gasteiger partial charge on any atom is 0.229 e. The number of aromatic nitrogens is 2. The molecule has 3 aromatic rings. The monoisotopic (exact) mass is 380 g/mol. The second kappa shape index (κ2) is 6.45. The molecule has 1 atom stereocenters. The molecule has 2 heterocycles.